The monoisotopic (exact) mass is 768 g/mol. The van der Waals surface area contributed by atoms with Gasteiger partial charge in [-0.05, 0) is 104 Å². The van der Waals surface area contributed by atoms with Gasteiger partial charge in [0.2, 0.25) is 11.5 Å². The van der Waals surface area contributed by atoms with Crippen LogP contribution in [0.1, 0.15) is 31.1 Å². The van der Waals surface area contributed by atoms with Crippen molar-refractivity contribution in [3.8, 4) is 23.0 Å². The summed E-state index contributed by atoms with van der Waals surface area (Å²) in [6.45, 7) is 0. The van der Waals surface area contributed by atoms with E-state index in [0.29, 0.717) is 12.7 Å². The van der Waals surface area contributed by atoms with Crippen LogP contribution >= 0.6 is 67.8 Å². The summed E-state index contributed by atoms with van der Waals surface area (Å²) < 4.78 is 23.9. The Balaban J connectivity index is 1.53. The van der Waals surface area contributed by atoms with Crippen molar-refractivity contribution in [2.45, 2.75) is 0 Å². The quantitative estimate of drug-likeness (QED) is 0.128. The Morgan fingerprint density at radius 1 is 0.844 bits per heavy atom. The van der Waals surface area contributed by atoms with Crippen LogP contribution in [0, 0.1) is 10.7 Å². The highest BCUT2D eigenvalue weighted by Crippen LogP contribution is 2.52. The number of benzene rings is 3. The molecular weight excluding hydrogens is 761 g/mol. The van der Waals surface area contributed by atoms with Gasteiger partial charge in [-0.2, -0.15) is 0 Å². The molecule has 2 aromatic carbocycles. The van der Waals surface area contributed by atoms with Crippen LogP contribution in [0.2, 0.25) is 0 Å². The predicted molar refractivity (Wildman–Crippen MR) is 135 cm³/mol. The Kier molecular flexibility index (Phi) is 5.43. The molecule has 160 valence electrons. The number of carbonyl (C=O) groups is 3. The molecule has 5 rings (SSSR count). The third-order valence-electron chi connectivity index (χ3n) is 4.62. The van der Waals surface area contributed by atoms with Crippen LogP contribution in [0.5, 0.6) is 23.0 Å². The first-order chi connectivity index (χ1) is 15.3. The highest BCUT2D eigenvalue weighted by atomic mass is 127. The van der Waals surface area contributed by atoms with Gasteiger partial charge < -0.3 is 23.7 Å². The molecule has 0 saturated carbocycles. The third kappa shape index (κ3) is 3.40. The Labute approximate surface area is 219 Å². The zero-order chi connectivity index (χ0) is 22.7. The summed E-state index contributed by atoms with van der Waals surface area (Å²) in [6.07, 6.45) is 0. The number of esters is 3. The Morgan fingerprint density at radius 3 is 2.22 bits per heavy atom. The van der Waals surface area contributed by atoms with E-state index in [2.05, 4.69) is 45.2 Å². The predicted octanol–water partition coefficient (Wildman–Crippen LogP) is 5.36. The lowest BCUT2D eigenvalue weighted by Gasteiger charge is -2.09. The van der Waals surface area contributed by atoms with Crippen LogP contribution in [-0.2, 0) is 0 Å². The minimum absolute atomic E-state index is 0.000922. The summed E-state index contributed by atoms with van der Waals surface area (Å²) in [4.78, 5) is 38.2. The molecule has 0 spiro atoms. The van der Waals surface area contributed by atoms with E-state index < -0.39 is 17.9 Å². The van der Waals surface area contributed by atoms with Crippen molar-refractivity contribution in [1.82, 2.24) is 0 Å². The summed E-state index contributed by atoms with van der Waals surface area (Å²) in [5.74, 6) is -2.41. The smallest absolute Gasteiger partial charge is 0.348 e. The molecule has 11 heteroatoms. The molecule has 4 aromatic rings. The maximum atomic E-state index is 13.0. The van der Waals surface area contributed by atoms with Gasteiger partial charge in [-0.25, -0.2) is 14.4 Å². The van der Waals surface area contributed by atoms with Crippen molar-refractivity contribution >= 4 is 96.8 Å². The zero-order valence-electron chi connectivity index (χ0n) is 15.4. The number of fused-ring (bicyclic) bond motifs is 1. The van der Waals surface area contributed by atoms with Gasteiger partial charge in [0, 0.05) is 10.7 Å². The van der Waals surface area contributed by atoms with Crippen LogP contribution < -0.4 is 14.2 Å². The summed E-state index contributed by atoms with van der Waals surface area (Å²) in [6, 6.07) is 9.13. The summed E-state index contributed by atoms with van der Waals surface area (Å²) >= 11 is 6.19. The van der Waals surface area contributed by atoms with Crippen molar-refractivity contribution in [2.75, 3.05) is 0 Å². The second-order valence-electron chi connectivity index (χ2n) is 6.55. The first-order valence-electron chi connectivity index (χ1n) is 8.77. The highest BCUT2D eigenvalue weighted by Gasteiger charge is 2.44. The SMILES string of the molecule is O=C(Oc1c2c3oc1c(C(=O)Oc1ccc(O)cc1)c3C(=O)O2)c1c(I)ccc(I)c1I. The van der Waals surface area contributed by atoms with Gasteiger partial charge in [-0.3, -0.25) is 0 Å². The number of hydrogen-bond acceptors (Lipinski definition) is 8. The topological polar surface area (TPSA) is 112 Å². The van der Waals surface area contributed by atoms with E-state index in [0.717, 1.165) is 3.57 Å². The van der Waals surface area contributed by atoms with Crippen molar-refractivity contribution in [3.63, 3.8) is 0 Å². The molecule has 0 amide bonds. The molecule has 0 atom stereocenters. The highest BCUT2D eigenvalue weighted by molar-refractivity contribution is 14.1. The van der Waals surface area contributed by atoms with Gasteiger partial charge in [0.05, 0.1) is 5.56 Å². The number of hydrogen-bond donors (Lipinski definition) is 1. The van der Waals surface area contributed by atoms with Crippen molar-refractivity contribution in [3.05, 3.63) is 63.8 Å². The number of rotatable bonds is 4. The molecule has 0 saturated heterocycles. The Morgan fingerprint density at radius 2 is 1.50 bits per heavy atom. The fourth-order valence-corrected chi connectivity index (χ4v) is 5.53. The van der Waals surface area contributed by atoms with Gasteiger partial charge in [0.25, 0.3) is 0 Å². The average Bonchev–Trinajstić information content (AvgIpc) is 3.36. The van der Waals surface area contributed by atoms with Crippen molar-refractivity contribution in [1.29, 1.82) is 0 Å². The van der Waals surface area contributed by atoms with Crippen LogP contribution in [0.4, 0.5) is 0 Å². The lowest BCUT2D eigenvalue weighted by molar-refractivity contribution is 0.0694. The molecule has 3 heterocycles. The van der Waals surface area contributed by atoms with Crippen LogP contribution in [0.15, 0.2) is 40.8 Å². The minimum Gasteiger partial charge on any atom is -0.508 e. The maximum absolute atomic E-state index is 13.0. The third-order valence-corrected chi connectivity index (χ3v) is 8.57. The molecule has 0 unspecified atom stereocenters. The Bertz CT molecular complexity index is 1440. The molecule has 1 aliphatic heterocycles. The van der Waals surface area contributed by atoms with Gasteiger partial charge in [-0.15, -0.1) is 0 Å². The molecule has 0 aliphatic carbocycles. The van der Waals surface area contributed by atoms with Gasteiger partial charge >= 0.3 is 17.9 Å². The van der Waals surface area contributed by atoms with Gasteiger partial charge in [-0.1, -0.05) is 0 Å². The number of ether oxygens (including phenoxy) is 3. The van der Waals surface area contributed by atoms with E-state index in [1.54, 1.807) is 6.07 Å². The second kappa shape index (κ2) is 8.02. The fraction of sp³-hybridized carbons (Fsp3) is 0. The van der Waals surface area contributed by atoms with Crippen LogP contribution in [-0.4, -0.2) is 23.0 Å². The molecular formula is C21H7I3O8. The number of halogens is 3. The molecule has 8 nitrogen and oxygen atoms in total. The van der Waals surface area contributed by atoms with Gasteiger partial charge in [0.15, 0.2) is 11.2 Å². The van der Waals surface area contributed by atoms with Crippen LogP contribution in [0.25, 0.3) is 11.2 Å². The molecule has 32 heavy (non-hydrogen) atoms. The zero-order valence-corrected chi connectivity index (χ0v) is 21.9. The summed E-state index contributed by atoms with van der Waals surface area (Å²) in [5.41, 5.74) is 0.00796. The first-order valence-corrected chi connectivity index (χ1v) is 12.0. The lowest BCUT2D eigenvalue weighted by atomic mass is 10.1. The van der Waals surface area contributed by atoms with E-state index >= 15 is 0 Å². The number of carbonyl (C=O) groups excluding carboxylic acids is 3. The molecule has 2 bridgehead atoms. The molecule has 2 aromatic heterocycles. The lowest BCUT2D eigenvalue weighted by Crippen LogP contribution is -2.14. The number of furan rings is 2. The molecule has 1 N–H and O–H groups in total. The standard InChI is InChI=1S/C21H7I3O8/c22-9-5-6-10(23)14(24)11(9)19(26)31-17-15-12(13-16(30-15)18(17)32-21(13)28)20(27)29-8-3-1-7(25)2-4-8/h1-6,25H. The van der Waals surface area contributed by atoms with E-state index in [-0.39, 0.29) is 45.3 Å². The van der Waals surface area contributed by atoms with E-state index in [1.165, 1.54) is 24.3 Å². The number of phenolic OH excluding ortho intramolecular Hbond substituents is 1. The second-order valence-corrected chi connectivity index (χ2v) is 9.95. The summed E-state index contributed by atoms with van der Waals surface area (Å²) in [5, 5.41) is 9.38. The maximum Gasteiger partial charge on any atom is 0.348 e. The summed E-state index contributed by atoms with van der Waals surface area (Å²) in [7, 11) is 0. The fourth-order valence-electron chi connectivity index (χ4n) is 3.21. The van der Waals surface area contributed by atoms with E-state index in [9.17, 15) is 19.5 Å². The van der Waals surface area contributed by atoms with Crippen molar-refractivity contribution in [2.24, 2.45) is 0 Å². The first kappa shape index (κ1) is 21.7. The van der Waals surface area contributed by atoms with Gasteiger partial charge in [0.1, 0.15) is 22.6 Å². The number of aromatic hydroxyl groups is 1. The molecule has 0 radical (unpaired) electrons. The normalized spacial score (nSPS) is 12.3. The molecule has 0 fully saturated rings. The largest absolute Gasteiger partial charge is 0.508 e. The average molecular weight is 768 g/mol. The number of phenols is 1. The van der Waals surface area contributed by atoms with E-state index in [4.69, 9.17) is 18.6 Å². The Hall–Kier alpha value is -2.14. The van der Waals surface area contributed by atoms with Crippen LogP contribution in [0.3, 0.4) is 0 Å². The van der Waals surface area contributed by atoms with Crippen molar-refractivity contribution < 1.29 is 38.1 Å². The molecule has 1 aliphatic rings. The van der Waals surface area contributed by atoms with E-state index in [1.807, 2.05) is 28.7 Å². The minimum atomic E-state index is -0.888.